The molecule has 1 aromatic carbocycles. The minimum atomic E-state index is 0.201. The molecule has 1 aliphatic heterocycles. The van der Waals surface area contributed by atoms with Crippen molar-refractivity contribution in [2.24, 2.45) is 0 Å². The normalized spacial score (nSPS) is 19.6. The molecule has 0 spiro atoms. The molecule has 0 N–H and O–H groups in total. The molecule has 1 aliphatic rings. The highest BCUT2D eigenvalue weighted by Gasteiger charge is 2.15. The maximum absolute atomic E-state index is 11.9. The molecule has 2 rings (SSSR count). The van der Waals surface area contributed by atoms with E-state index in [-0.39, 0.29) is 14.7 Å². The summed E-state index contributed by atoms with van der Waals surface area (Å²) in [5.41, 5.74) is 0.791. The van der Waals surface area contributed by atoms with Crippen molar-refractivity contribution in [1.29, 1.82) is 0 Å². The first-order valence-electron chi connectivity index (χ1n) is 4.95. The highest BCUT2D eigenvalue weighted by molar-refractivity contribution is 9.54. The van der Waals surface area contributed by atoms with E-state index in [4.69, 9.17) is 0 Å². The van der Waals surface area contributed by atoms with Crippen molar-refractivity contribution in [3.05, 3.63) is 34.3 Å². The Kier molecular flexibility index (Phi) is 5.67. The molecule has 0 radical (unpaired) electrons. The summed E-state index contributed by atoms with van der Waals surface area (Å²) in [7, 11) is 0.208. The number of Topliss-reactive ketones (excluding diaryl/α,β-unsaturated/α-hetero) is 1. The van der Waals surface area contributed by atoms with Crippen LogP contribution in [0.25, 0.3) is 0 Å². The van der Waals surface area contributed by atoms with Crippen LogP contribution in [0.2, 0.25) is 0 Å². The molecule has 1 nitrogen and oxygen atoms in total. The zero-order chi connectivity index (χ0) is 12.3. The maximum Gasteiger partial charge on any atom is 0.173 e. The summed E-state index contributed by atoms with van der Waals surface area (Å²) in [4.78, 5) is 11.9. The fourth-order valence-electron chi connectivity index (χ4n) is 1.29. The third-order valence-electron chi connectivity index (χ3n) is 2.15. The Morgan fingerprint density at radius 2 is 2.12 bits per heavy atom. The molecule has 1 unspecified atom stereocenters. The maximum atomic E-state index is 11.9. The summed E-state index contributed by atoms with van der Waals surface area (Å²) in [5.74, 6) is 3.11. The van der Waals surface area contributed by atoms with E-state index >= 15 is 0 Å². The van der Waals surface area contributed by atoms with Crippen molar-refractivity contribution >= 4 is 72.5 Å². The van der Waals surface area contributed by atoms with Gasteiger partial charge in [-0.25, -0.2) is 0 Å². The lowest BCUT2D eigenvalue weighted by Crippen LogP contribution is -2.03. The van der Waals surface area contributed by atoms with Gasteiger partial charge in [-0.1, -0.05) is 37.0 Å². The van der Waals surface area contributed by atoms with E-state index in [1.807, 2.05) is 36.0 Å². The van der Waals surface area contributed by atoms with Crippen molar-refractivity contribution in [3.63, 3.8) is 0 Å². The predicted octanol–water partition coefficient (Wildman–Crippen LogP) is 4.78. The van der Waals surface area contributed by atoms with E-state index in [0.717, 1.165) is 10.0 Å². The number of benzene rings is 1. The fourth-order valence-corrected chi connectivity index (χ4v) is 8.81. The molecular formula is C11H10Br2OS3. The van der Waals surface area contributed by atoms with Gasteiger partial charge >= 0.3 is 0 Å². The molecule has 0 bridgehead atoms. The average molecular weight is 414 g/mol. The molecule has 1 aromatic rings. The van der Waals surface area contributed by atoms with Crippen LogP contribution in [0, 0.1) is 0 Å². The predicted molar refractivity (Wildman–Crippen MR) is 89.8 cm³/mol. The number of ketones is 1. The molecule has 0 fully saturated rings. The first-order chi connectivity index (χ1) is 8.16. The molecule has 0 aliphatic carbocycles. The minimum Gasteiger partial charge on any atom is -0.293 e. The molecule has 0 saturated heterocycles. The van der Waals surface area contributed by atoms with Crippen molar-refractivity contribution in [3.8, 4) is 0 Å². The highest BCUT2D eigenvalue weighted by atomic mass is 79.9. The van der Waals surface area contributed by atoms with Crippen molar-refractivity contribution < 1.29 is 4.79 Å². The number of rotatable bonds is 3. The molecule has 0 amide bonds. The lowest BCUT2D eigenvalue weighted by molar-refractivity contribution is 0.102. The van der Waals surface area contributed by atoms with Gasteiger partial charge in [-0.05, 0) is 26.9 Å². The first-order valence-corrected chi connectivity index (χ1v) is 11.0. The Morgan fingerprint density at radius 1 is 1.41 bits per heavy atom. The van der Waals surface area contributed by atoms with E-state index in [1.54, 1.807) is 11.8 Å². The van der Waals surface area contributed by atoms with Crippen LogP contribution in [-0.2, 0) is 0 Å². The van der Waals surface area contributed by atoms with Gasteiger partial charge in [-0.15, -0.1) is 23.5 Å². The first kappa shape index (κ1) is 14.2. The Hall–Kier alpha value is 0.770. The summed E-state index contributed by atoms with van der Waals surface area (Å²) in [6.45, 7) is 0. The average Bonchev–Trinajstić information content (AvgIpc) is 2.73. The zero-order valence-electron chi connectivity index (χ0n) is 8.82. The molecule has 0 aromatic heterocycles. The van der Waals surface area contributed by atoms with Crippen molar-refractivity contribution in [1.82, 2.24) is 0 Å². The van der Waals surface area contributed by atoms with Gasteiger partial charge in [0.2, 0.25) is 0 Å². The van der Waals surface area contributed by atoms with Crippen LogP contribution in [0.1, 0.15) is 10.4 Å². The van der Waals surface area contributed by atoms with Gasteiger partial charge in [0, 0.05) is 21.5 Å². The van der Waals surface area contributed by atoms with Gasteiger partial charge in [0.1, 0.15) is 0 Å². The molecule has 1 heterocycles. The quantitative estimate of drug-likeness (QED) is 0.524. The van der Waals surface area contributed by atoms with Crippen LogP contribution >= 0.6 is 63.2 Å². The standard InChI is InChI=1S/C11H10Br2OS3/c12-9-3-1-8(2-4-9)10(14)7-16-11-15-5-6-17(11)13/h1-4H,5-7H2. The molecule has 0 saturated carbocycles. The fraction of sp³-hybridized carbons (Fsp3) is 0.273. The zero-order valence-corrected chi connectivity index (χ0v) is 14.4. The van der Waals surface area contributed by atoms with Crippen LogP contribution in [-0.4, -0.2) is 26.6 Å². The van der Waals surface area contributed by atoms with Gasteiger partial charge in [0.15, 0.2) is 5.78 Å². The third kappa shape index (κ3) is 4.13. The number of hydrogen-bond acceptors (Lipinski definition) is 3. The van der Waals surface area contributed by atoms with E-state index < -0.39 is 0 Å². The van der Waals surface area contributed by atoms with Gasteiger partial charge in [0.05, 0.1) is 9.28 Å². The lowest BCUT2D eigenvalue weighted by Gasteiger charge is -2.02. The summed E-state index contributed by atoms with van der Waals surface area (Å²) in [6, 6.07) is 7.55. The van der Waals surface area contributed by atoms with Crippen LogP contribution in [0.15, 0.2) is 28.7 Å². The van der Waals surface area contributed by atoms with Gasteiger partial charge in [-0.2, -0.15) is 0 Å². The van der Waals surface area contributed by atoms with Crippen LogP contribution < -0.4 is 0 Å². The Labute approximate surface area is 128 Å². The number of hydrogen-bond donors (Lipinski definition) is 0. The summed E-state index contributed by atoms with van der Waals surface area (Å²) < 4.78 is 2.37. The SMILES string of the molecule is O=C(CSC1=S(Br)CCS1)c1ccc(Br)cc1. The molecule has 92 valence electrons. The van der Waals surface area contributed by atoms with Crippen molar-refractivity contribution in [2.45, 2.75) is 0 Å². The summed E-state index contributed by atoms with van der Waals surface area (Å²) in [5, 5.41) is 0. The second-order valence-corrected chi connectivity index (χ2v) is 11.0. The van der Waals surface area contributed by atoms with E-state index in [1.165, 1.54) is 15.0 Å². The van der Waals surface area contributed by atoms with E-state index in [0.29, 0.717) is 5.75 Å². The Balaban J connectivity index is 1.93. The third-order valence-corrected chi connectivity index (χ3v) is 11.0. The number of thioether (sulfide) groups is 2. The largest absolute Gasteiger partial charge is 0.293 e. The van der Waals surface area contributed by atoms with Gasteiger partial charge in [0.25, 0.3) is 0 Å². The number of carbonyl (C=O) groups is 1. The molecule has 1 atom stereocenters. The van der Waals surface area contributed by atoms with Crippen LogP contribution in [0.5, 0.6) is 0 Å². The molecule has 17 heavy (non-hydrogen) atoms. The smallest absolute Gasteiger partial charge is 0.173 e. The Morgan fingerprint density at radius 3 is 2.71 bits per heavy atom. The number of carbonyl (C=O) groups excluding carboxylic acids is 1. The topological polar surface area (TPSA) is 17.1 Å². The summed E-state index contributed by atoms with van der Waals surface area (Å²) in [6.07, 6.45) is 0. The van der Waals surface area contributed by atoms with Gasteiger partial charge < -0.3 is 0 Å². The van der Waals surface area contributed by atoms with Crippen LogP contribution in [0.3, 0.4) is 0 Å². The van der Waals surface area contributed by atoms with E-state index in [9.17, 15) is 4.79 Å². The summed E-state index contributed by atoms with van der Waals surface area (Å²) >= 11 is 10.6. The lowest BCUT2D eigenvalue weighted by atomic mass is 10.2. The molecule has 6 heteroatoms. The van der Waals surface area contributed by atoms with Crippen molar-refractivity contribution in [2.75, 3.05) is 17.3 Å². The monoisotopic (exact) mass is 412 g/mol. The highest BCUT2D eigenvalue weighted by Crippen LogP contribution is 2.40. The van der Waals surface area contributed by atoms with Crippen LogP contribution in [0.4, 0.5) is 0 Å². The van der Waals surface area contributed by atoms with E-state index in [2.05, 4.69) is 30.7 Å². The second-order valence-electron chi connectivity index (χ2n) is 3.35. The van der Waals surface area contributed by atoms with Gasteiger partial charge in [-0.3, -0.25) is 4.79 Å². The minimum absolute atomic E-state index is 0.201. The second kappa shape index (κ2) is 6.80. The number of halogens is 2. The Bertz CT molecular complexity index is 456. The molecular weight excluding hydrogens is 404 g/mol.